The van der Waals surface area contributed by atoms with Crippen molar-refractivity contribution in [2.45, 2.75) is 6.92 Å². The number of aryl methyl sites for hydroxylation is 1. The van der Waals surface area contributed by atoms with Crippen LogP contribution in [0.2, 0.25) is 0 Å². The highest BCUT2D eigenvalue weighted by atomic mass is 127. The number of nitrogens with zero attached hydrogens (tertiary/aromatic N) is 2. The zero-order chi connectivity index (χ0) is 8.43. The van der Waals surface area contributed by atoms with E-state index in [2.05, 4.69) is 32.6 Å². The molecule has 2 N–H and O–H groups in total. The van der Waals surface area contributed by atoms with Gasteiger partial charge in [-0.15, -0.1) is 0 Å². The highest BCUT2D eigenvalue weighted by Gasteiger charge is 2.05. The lowest BCUT2D eigenvalue weighted by Crippen LogP contribution is -2.02. The molecule has 0 saturated heterocycles. The van der Waals surface area contributed by atoms with Crippen LogP contribution in [-0.2, 0) is 0 Å². The Morgan fingerprint density at radius 3 is 2.55 bits per heavy atom. The van der Waals surface area contributed by atoms with E-state index in [0.717, 1.165) is 9.26 Å². The van der Waals surface area contributed by atoms with Crippen molar-refractivity contribution in [3.63, 3.8) is 0 Å². The first-order valence-corrected chi connectivity index (χ1v) is 4.06. The number of halogens is 1. The minimum Gasteiger partial charge on any atom is -0.467 e. The van der Waals surface area contributed by atoms with Gasteiger partial charge < -0.3 is 10.5 Å². The molecule has 60 valence electrons. The van der Waals surface area contributed by atoms with Crippen molar-refractivity contribution >= 4 is 28.4 Å². The second kappa shape index (κ2) is 3.21. The van der Waals surface area contributed by atoms with Crippen molar-refractivity contribution < 1.29 is 4.74 Å². The molecule has 11 heavy (non-hydrogen) atoms. The molecule has 0 aliphatic carbocycles. The summed E-state index contributed by atoms with van der Waals surface area (Å²) in [5.74, 6) is 0.468. The monoisotopic (exact) mass is 265 g/mol. The number of nitrogen functional groups attached to an aromatic ring is 1. The van der Waals surface area contributed by atoms with E-state index in [1.807, 2.05) is 6.92 Å². The highest BCUT2D eigenvalue weighted by Crippen LogP contribution is 2.17. The van der Waals surface area contributed by atoms with Crippen LogP contribution in [0.4, 0.5) is 5.82 Å². The SMILES string of the molecule is COc1nc(C)c(I)c(N)n1. The topological polar surface area (TPSA) is 61.0 Å². The third kappa shape index (κ3) is 1.70. The van der Waals surface area contributed by atoms with Gasteiger partial charge in [0.05, 0.1) is 16.4 Å². The Bertz CT molecular complexity index is 254. The maximum absolute atomic E-state index is 5.56. The highest BCUT2D eigenvalue weighted by molar-refractivity contribution is 14.1. The Hall–Kier alpha value is -0.590. The van der Waals surface area contributed by atoms with E-state index in [4.69, 9.17) is 10.5 Å². The lowest BCUT2D eigenvalue weighted by molar-refractivity contribution is 0.379. The van der Waals surface area contributed by atoms with E-state index in [9.17, 15) is 0 Å². The molecule has 1 aromatic heterocycles. The number of hydrogen-bond acceptors (Lipinski definition) is 4. The van der Waals surface area contributed by atoms with E-state index < -0.39 is 0 Å². The third-order valence-corrected chi connectivity index (χ3v) is 2.54. The van der Waals surface area contributed by atoms with Crippen LogP contribution in [-0.4, -0.2) is 17.1 Å². The lowest BCUT2D eigenvalue weighted by atomic mass is 10.4. The zero-order valence-electron chi connectivity index (χ0n) is 6.26. The maximum atomic E-state index is 5.56. The van der Waals surface area contributed by atoms with Gasteiger partial charge in [0, 0.05) is 0 Å². The van der Waals surface area contributed by atoms with Gasteiger partial charge in [-0.25, -0.2) is 0 Å². The molecule has 0 aromatic carbocycles. The number of hydrogen-bond donors (Lipinski definition) is 1. The van der Waals surface area contributed by atoms with Crippen LogP contribution in [0.3, 0.4) is 0 Å². The van der Waals surface area contributed by atoms with Crippen molar-refractivity contribution in [1.29, 1.82) is 0 Å². The molecule has 1 rings (SSSR count). The molecule has 5 heteroatoms. The number of methoxy groups -OCH3 is 1. The first-order valence-electron chi connectivity index (χ1n) is 2.98. The maximum Gasteiger partial charge on any atom is 0.318 e. The fourth-order valence-electron chi connectivity index (χ4n) is 0.646. The van der Waals surface area contributed by atoms with Gasteiger partial charge in [0.2, 0.25) is 0 Å². The number of anilines is 1. The van der Waals surface area contributed by atoms with Crippen molar-refractivity contribution in [3.05, 3.63) is 9.26 Å². The van der Waals surface area contributed by atoms with Crippen LogP contribution >= 0.6 is 22.6 Å². The summed E-state index contributed by atoms with van der Waals surface area (Å²) in [6, 6.07) is 0.320. The second-order valence-corrected chi connectivity index (χ2v) is 3.07. The van der Waals surface area contributed by atoms with E-state index in [-0.39, 0.29) is 0 Å². The number of aromatic nitrogens is 2. The standard InChI is InChI=1S/C6H8IN3O/c1-3-4(7)5(8)10-6(9-3)11-2/h1-2H3,(H2,8,9,10). The molecule has 0 aliphatic heterocycles. The number of ether oxygens (including phenoxy) is 1. The molecule has 0 aliphatic rings. The summed E-state index contributed by atoms with van der Waals surface area (Å²) in [4.78, 5) is 7.92. The van der Waals surface area contributed by atoms with Gasteiger partial charge in [-0.05, 0) is 29.5 Å². The van der Waals surface area contributed by atoms with Gasteiger partial charge in [0.1, 0.15) is 5.82 Å². The summed E-state index contributed by atoms with van der Waals surface area (Å²) in [5.41, 5.74) is 6.40. The molecular formula is C6H8IN3O. The number of rotatable bonds is 1. The van der Waals surface area contributed by atoms with Gasteiger partial charge >= 0.3 is 6.01 Å². The van der Waals surface area contributed by atoms with E-state index in [1.165, 1.54) is 7.11 Å². The average Bonchev–Trinajstić information content (AvgIpc) is 1.99. The summed E-state index contributed by atoms with van der Waals surface area (Å²) >= 11 is 2.10. The predicted molar refractivity (Wildman–Crippen MR) is 50.5 cm³/mol. The Labute approximate surface area is 78.3 Å². The normalized spacial score (nSPS) is 9.73. The van der Waals surface area contributed by atoms with Crippen molar-refractivity contribution in [2.75, 3.05) is 12.8 Å². The smallest absolute Gasteiger partial charge is 0.318 e. The quantitative estimate of drug-likeness (QED) is 0.769. The molecule has 0 fully saturated rings. The largest absolute Gasteiger partial charge is 0.467 e. The molecule has 1 aromatic rings. The van der Waals surface area contributed by atoms with Crippen LogP contribution in [0.25, 0.3) is 0 Å². The Morgan fingerprint density at radius 1 is 1.45 bits per heavy atom. The van der Waals surface area contributed by atoms with Crippen molar-refractivity contribution in [1.82, 2.24) is 9.97 Å². The Morgan fingerprint density at radius 2 is 2.09 bits per heavy atom. The molecule has 0 bridgehead atoms. The summed E-state index contributed by atoms with van der Waals surface area (Å²) < 4.78 is 5.70. The Balaban J connectivity index is 3.21. The van der Waals surface area contributed by atoms with Gasteiger partial charge in [0.15, 0.2) is 0 Å². The minimum absolute atomic E-state index is 0.320. The first kappa shape index (κ1) is 8.51. The fourth-order valence-corrected chi connectivity index (χ4v) is 0.888. The first-order chi connectivity index (χ1) is 5.15. The van der Waals surface area contributed by atoms with Crippen LogP contribution < -0.4 is 10.5 Å². The lowest BCUT2D eigenvalue weighted by Gasteiger charge is -2.02. The summed E-state index contributed by atoms with van der Waals surface area (Å²) in [6.07, 6.45) is 0. The second-order valence-electron chi connectivity index (χ2n) is 1.99. The summed E-state index contributed by atoms with van der Waals surface area (Å²) in [5, 5.41) is 0. The van der Waals surface area contributed by atoms with E-state index in [0.29, 0.717) is 11.8 Å². The van der Waals surface area contributed by atoms with Gasteiger partial charge in [-0.3, -0.25) is 0 Å². The van der Waals surface area contributed by atoms with Gasteiger partial charge in [0.25, 0.3) is 0 Å². The average molecular weight is 265 g/mol. The van der Waals surface area contributed by atoms with E-state index >= 15 is 0 Å². The zero-order valence-corrected chi connectivity index (χ0v) is 8.42. The van der Waals surface area contributed by atoms with Crippen LogP contribution in [0, 0.1) is 10.5 Å². The molecule has 0 amide bonds. The molecule has 4 nitrogen and oxygen atoms in total. The third-order valence-electron chi connectivity index (χ3n) is 1.20. The number of nitrogens with two attached hydrogens (primary N) is 1. The molecule has 1 heterocycles. The molecule has 0 saturated carbocycles. The fraction of sp³-hybridized carbons (Fsp3) is 0.333. The van der Waals surface area contributed by atoms with Crippen LogP contribution in [0.15, 0.2) is 0 Å². The summed E-state index contributed by atoms with van der Waals surface area (Å²) in [7, 11) is 1.51. The minimum atomic E-state index is 0.320. The molecule has 0 radical (unpaired) electrons. The van der Waals surface area contributed by atoms with Crippen molar-refractivity contribution in [2.24, 2.45) is 0 Å². The van der Waals surface area contributed by atoms with E-state index in [1.54, 1.807) is 0 Å². The molecular weight excluding hydrogens is 257 g/mol. The van der Waals surface area contributed by atoms with Crippen LogP contribution in [0.5, 0.6) is 6.01 Å². The summed E-state index contributed by atoms with van der Waals surface area (Å²) in [6.45, 7) is 1.86. The van der Waals surface area contributed by atoms with Crippen molar-refractivity contribution in [3.8, 4) is 6.01 Å². The molecule has 0 spiro atoms. The molecule has 0 atom stereocenters. The van der Waals surface area contributed by atoms with Gasteiger partial charge in [-0.2, -0.15) is 9.97 Å². The predicted octanol–water partition coefficient (Wildman–Crippen LogP) is 0.980. The Kier molecular flexibility index (Phi) is 2.48. The van der Waals surface area contributed by atoms with Crippen LogP contribution in [0.1, 0.15) is 5.69 Å². The van der Waals surface area contributed by atoms with Gasteiger partial charge in [-0.1, -0.05) is 0 Å². The molecule has 0 unspecified atom stereocenters.